The Morgan fingerprint density at radius 2 is 2.17 bits per heavy atom. The van der Waals surface area contributed by atoms with Crippen LogP contribution in [0.4, 0.5) is 0 Å². The second-order valence-electron chi connectivity index (χ2n) is 5.55. The molecule has 24 heavy (non-hydrogen) atoms. The SMILES string of the molecule is COc1ccc(C(=O)N2CCc3sccc3C2c2cccs2)cn1. The monoisotopic (exact) mass is 356 g/mol. The number of hydrogen-bond donors (Lipinski definition) is 0. The second-order valence-corrected chi connectivity index (χ2v) is 7.53. The highest BCUT2D eigenvalue weighted by Crippen LogP contribution is 2.40. The lowest BCUT2D eigenvalue weighted by Crippen LogP contribution is -2.39. The first kappa shape index (κ1) is 15.4. The minimum absolute atomic E-state index is 0.00500. The molecule has 3 aromatic heterocycles. The van der Waals surface area contributed by atoms with Crippen molar-refractivity contribution in [3.8, 4) is 5.88 Å². The summed E-state index contributed by atoms with van der Waals surface area (Å²) in [6.07, 6.45) is 2.50. The molecule has 1 aliphatic rings. The maximum atomic E-state index is 13.1. The van der Waals surface area contributed by atoms with Crippen molar-refractivity contribution in [2.45, 2.75) is 12.5 Å². The summed E-state index contributed by atoms with van der Waals surface area (Å²) in [5.41, 5.74) is 1.85. The molecular weight excluding hydrogens is 340 g/mol. The molecule has 1 atom stereocenters. The van der Waals surface area contributed by atoms with E-state index >= 15 is 0 Å². The number of pyridine rings is 1. The van der Waals surface area contributed by atoms with Gasteiger partial charge in [-0.3, -0.25) is 4.79 Å². The zero-order chi connectivity index (χ0) is 16.5. The van der Waals surface area contributed by atoms with Crippen molar-refractivity contribution in [1.29, 1.82) is 0 Å². The number of thiophene rings is 2. The molecule has 4 heterocycles. The fraction of sp³-hybridized carbons (Fsp3) is 0.222. The normalized spacial score (nSPS) is 16.7. The Kier molecular flexibility index (Phi) is 4.08. The van der Waals surface area contributed by atoms with E-state index in [-0.39, 0.29) is 11.9 Å². The molecule has 0 bridgehead atoms. The van der Waals surface area contributed by atoms with Crippen LogP contribution in [0.5, 0.6) is 5.88 Å². The Morgan fingerprint density at radius 3 is 2.88 bits per heavy atom. The lowest BCUT2D eigenvalue weighted by molar-refractivity contribution is 0.0698. The number of ether oxygens (including phenoxy) is 1. The summed E-state index contributed by atoms with van der Waals surface area (Å²) in [4.78, 5) is 21.8. The van der Waals surface area contributed by atoms with Gasteiger partial charge in [-0.25, -0.2) is 4.98 Å². The Hall–Kier alpha value is -2.18. The Labute approximate surface area is 148 Å². The number of rotatable bonds is 3. The molecule has 1 unspecified atom stereocenters. The van der Waals surface area contributed by atoms with Crippen LogP contribution >= 0.6 is 22.7 Å². The third-order valence-corrected chi connectivity index (χ3v) is 6.15. The number of hydrogen-bond acceptors (Lipinski definition) is 5. The highest BCUT2D eigenvalue weighted by molar-refractivity contribution is 7.10. The van der Waals surface area contributed by atoms with Crippen molar-refractivity contribution in [3.05, 3.63) is 68.2 Å². The summed E-state index contributed by atoms with van der Waals surface area (Å²) in [5.74, 6) is 0.528. The number of methoxy groups -OCH3 is 1. The minimum atomic E-state index is -0.00500. The molecule has 0 fully saturated rings. The Morgan fingerprint density at radius 1 is 1.25 bits per heavy atom. The van der Waals surface area contributed by atoms with E-state index < -0.39 is 0 Å². The highest BCUT2D eigenvalue weighted by Gasteiger charge is 2.33. The lowest BCUT2D eigenvalue weighted by atomic mass is 9.97. The van der Waals surface area contributed by atoms with Gasteiger partial charge in [-0.2, -0.15) is 0 Å². The lowest BCUT2D eigenvalue weighted by Gasteiger charge is -2.35. The van der Waals surface area contributed by atoms with Gasteiger partial charge >= 0.3 is 0 Å². The first-order valence-corrected chi connectivity index (χ1v) is 9.44. The van der Waals surface area contributed by atoms with Crippen LogP contribution in [0.2, 0.25) is 0 Å². The molecule has 122 valence electrons. The van der Waals surface area contributed by atoms with E-state index in [9.17, 15) is 4.79 Å². The molecule has 0 saturated carbocycles. The van der Waals surface area contributed by atoms with Crippen molar-refractivity contribution >= 4 is 28.6 Å². The number of fused-ring (bicyclic) bond motifs is 1. The van der Waals surface area contributed by atoms with Crippen molar-refractivity contribution in [3.63, 3.8) is 0 Å². The summed E-state index contributed by atoms with van der Waals surface area (Å²) < 4.78 is 5.08. The van der Waals surface area contributed by atoms with Crippen LogP contribution < -0.4 is 4.74 Å². The van der Waals surface area contributed by atoms with E-state index in [1.165, 1.54) is 15.3 Å². The van der Waals surface area contributed by atoms with Crippen LogP contribution in [0.15, 0.2) is 47.3 Å². The molecular formula is C18H16N2O2S2. The molecule has 0 aromatic carbocycles. The first-order chi connectivity index (χ1) is 11.8. The predicted molar refractivity (Wildman–Crippen MR) is 96.0 cm³/mol. The quantitative estimate of drug-likeness (QED) is 0.712. The van der Waals surface area contributed by atoms with Gasteiger partial charge in [0, 0.05) is 28.6 Å². The molecule has 6 heteroatoms. The predicted octanol–water partition coefficient (Wildman–Crippen LogP) is 4.00. The average Bonchev–Trinajstić information content (AvgIpc) is 3.31. The van der Waals surface area contributed by atoms with E-state index in [1.807, 2.05) is 11.0 Å². The summed E-state index contributed by atoms with van der Waals surface area (Å²) in [6.45, 7) is 0.723. The van der Waals surface area contributed by atoms with Gasteiger partial charge in [-0.05, 0) is 40.9 Å². The fourth-order valence-corrected chi connectivity index (χ4v) is 4.84. The zero-order valence-corrected chi connectivity index (χ0v) is 14.8. The topological polar surface area (TPSA) is 42.4 Å². The molecule has 3 aromatic rings. The molecule has 1 amide bonds. The standard InChI is InChI=1S/C18H16N2O2S2/c1-22-16-5-4-12(11-19-16)18(21)20-8-6-14-13(7-10-24-14)17(20)15-3-2-9-23-15/h2-5,7,9-11,17H,6,8H2,1H3. The Balaban J connectivity index is 1.71. The summed E-state index contributed by atoms with van der Waals surface area (Å²) in [6, 6.07) is 9.80. The van der Waals surface area contributed by atoms with Crippen molar-refractivity contribution < 1.29 is 9.53 Å². The summed E-state index contributed by atoms with van der Waals surface area (Å²) in [5, 5.41) is 4.18. The van der Waals surface area contributed by atoms with E-state index in [4.69, 9.17) is 4.74 Å². The molecule has 4 rings (SSSR count). The van der Waals surface area contributed by atoms with Crippen LogP contribution in [0, 0.1) is 0 Å². The van der Waals surface area contributed by atoms with Crippen molar-refractivity contribution in [1.82, 2.24) is 9.88 Å². The van der Waals surface area contributed by atoms with Gasteiger partial charge in [-0.15, -0.1) is 22.7 Å². The van der Waals surface area contributed by atoms with Gasteiger partial charge in [0.05, 0.1) is 18.7 Å². The van der Waals surface area contributed by atoms with Crippen LogP contribution in [-0.2, 0) is 6.42 Å². The molecule has 0 spiro atoms. The number of nitrogens with zero attached hydrogens (tertiary/aromatic N) is 2. The molecule has 0 radical (unpaired) electrons. The maximum absolute atomic E-state index is 13.1. The third kappa shape index (κ3) is 2.61. The molecule has 1 aliphatic heterocycles. The van der Waals surface area contributed by atoms with Crippen molar-refractivity contribution in [2.75, 3.05) is 13.7 Å². The van der Waals surface area contributed by atoms with E-state index in [1.54, 1.807) is 48.1 Å². The van der Waals surface area contributed by atoms with Gasteiger partial charge in [0.1, 0.15) is 0 Å². The van der Waals surface area contributed by atoms with Gasteiger partial charge in [0.25, 0.3) is 5.91 Å². The van der Waals surface area contributed by atoms with Crippen LogP contribution in [0.1, 0.15) is 31.7 Å². The fourth-order valence-electron chi connectivity index (χ4n) is 3.08. The smallest absolute Gasteiger partial charge is 0.256 e. The Bertz CT molecular complexity index is 840. The number of aromatic nitrogens is 1. The molecule has 0 aliphatic carbocycles. The molecule has 0 N–H and O–H groups in total. The highest BCUT2D eigenvalue weighted by atomic mass is 32.1. The van der Waals surface area contributed by atoms with E-state index in [0.717, 1.165) is 13.0 Å². The number of carbonyl (C=O) groups excluding carboxylic acids is 1. The second kappa shape index (κ2) is 6.37. The maximum Gasteiger partial charge on any atom is 0.256 e. The van der Waals surface area contributed by atoms with E-state index in [0.29, 0.717) is 11.4 Å². The van der Waals surface area contributed by atoms with Gasteiger partial charge in [-0.1, -0.05) is 6.07 Å². The first-order valence-electron chi connectivity index (χ1n) is 7.68. The van der Waals surface area contributed by atoms with Crippen LogP contribution in [0.3, 0.4) is 0 Å². The molecule has 4 nitrogen and oxygen atoms in total. The van der Waals surface area contributed by atoms with Gasteiger partial charge < -0.3 is 9.64 Å². The largest absolute Gasteiger partial charge is 0.481 e. The van der Waals surface area contributed by atoms with Crippen molar-refractivity contribution in [2.24, 2.45) is 0 Å². The molecule has 0 saturated heterocycles. The number of carbonyl (C=O) groups is 1. The van der Waals surface area contributed by atoms with Gasteiger partial charge in [0.2, 0.25) is 5.88 Å². The number of amides is 1. The van der Waals surface area contributed by atoms with Gasteiger partial charge in [0.15, 0.2) is 0 Å². The average molecular weight is 356 g/mol. The van der Waals surface area contributed by atoms with Crippen LogP contribution in [0.25, 0.3) is 0 Å². The zero-order valence-electron chi connectivity index (χ0n) is 13.1. The van der Waals surface area contributed by atoms with E-state index in [2.05, 4.69) is 27.9 Å². The summed E-state index contributed by atoms with van der Waals surface area (Å²) in [7, 11) is 1.57. The summed E-state index contributed by atoms with van der Waals surface area (Å²) >= 11 is 3.47. The van der Waals surface area contributed by atoms with Crippen LogP contribution in [-0.4, -0.2) is 29.4 Å². The minimum Gasteiger partial charge on any atom is -0.481 e. The third-order valence-electron chi connectivity index (χ3n) is 4.23.